The van der Waals surface area contributed by atoms with E-state index >= 15 is 0 Å². The molecule has 2 aromatic heterocycles. The zero-order chi connectivity index (χ0) is 16.9. The molecule has 0 atom stereocenters. The summed E-state index contributed by atoms with van der Waals surface area (Å²) in [6.45, 7) is 0.362. The second-order valence-corrected chi connectivity index (χ2v) is 6.26. The third-order valence-corrected chi connectivity index (χ3v) is 4.37. The molecule has 2 heterocycles. The van der Waals surface area contributed by atoms with Gasteiger partial charge in [-0.1, -0.05) is 11.6 Å². The Bertz CT molecular complexity index is 852. The molecule has 1 amide bonds. The molecular weight excluding hydrogens is 351 g/mol. The first kappa shape index (κ1) is 16.4. The molecule has 3 aromatic rings. The highest BCUT2D eigenvalue weighted by molar-refractivity contribution is 7.10. The SMILES string of the molecule is O=C(NCc1cc(Cl)cs1)c1cccnc1Oc1ccc(F)cc1. The van der Waals surface area contributed by atoms with Crippen LogP contribution in [0.15, 0.2) is 54.0 Å². The monoisotopic (exact) mass is 362 g/mol. The number of hydrogen-bond acceptors (Lipinski definition) is 4. The summed E-state index contributed by atoms with van der Waals surface area (Å²) < 4.78 is 18.5. The van der Waals surface area contributed by atoms with Crippen LogP contribution in [-0.2, 0) is 6.54 Å². The normalized spacial score (nSPS) is 10.4. The van der Waals surface area contributed by atoms with E-state index in [1.54, 1.807) is 23.6 Å². The number of nitrogens with zero attached hydrogens (tertiary/aromatic N) is 1. The third-order valence-electron chi connectivity index (χ3n) is 3.09. The van der Waals surface area contributed by atoms with Crippen molar-refractivity contribution in [2.24, 2.45) is 0 Å². The summed E-state index contributed by atoms with van der Waals surface area (Å²) in [7, 11) is 0. The quantitative estimate of drug-likeness (QED) is 0.718. The second kappa shape index (κ2) is 7.42. The van der Waals surface area contributed by atoms with Gasteiger partial charge in [-0.2, -0.15) is 0 Å². The molecule has 3 rings (SSSR count). The van der Waals surface area contributed by atoms with Crippen molar-refractivity contribution in [1.82, 2.24) is 10.3 Å². The van der Waals surface area contributed by atoms with Crippen molar-refractivity contribution in [1.29, 1.82) is 0 Å². The lowest BCUT2D eigenvalue weighted by Crippen LogP contribution is -2.23. The van der Waals surface area contributed by atoms with Gasteiger partial charge >= 0.3 is 0 Å². The van der Waals surface area contributed by atoms with Gasteiger partial charge in [-0.3, -0.25) is 4.79 Å². The average molecular weight is 363 g/mol. The fourth-order valence-electron chi connectivity index (χ4n) is 1.97. The molecule has 0 aliphatic carbocycles. The van der Waals surface area contributed by atoms with Crippen LogP contribution in [0.5, 0.6) is 11.6 Å². The summed E-state index contributed by atoms with van der Waals surface area (Å²) in [4.78, 5) is 17.4. The molecular formula is C17H12ClFN2O2S. The van der Waals surface area contributed by atoms with E-state index in [0.29, 0.717) is 22.9 Å². The molecule has 0 aliphatic rings. The minimum atomic E-state index is -0.365. The van der Waals surface area contributed by atoms with Gasteiger partial charge in [0.25, 0.3) is 5.91 Å². The van der Waals surface area contributed by atoms with E-state index in [0.717, 1.165) is 4.88 Å². The average Bonchev–Trinajstić information content (AvgIpc) is 3.01. The number of hydrogen-bond donors (Lipinski definition) is 1. The predicted molar refractivity (Wildman–Crippen MR) is 91.2 cm³/mol. The lowest BCUT2D eigenvalue weighted by molar-refractivity contribution is 0.0948. The van der Waals surface area contributed by atoms with Crippen LogP contribution in [-0.4, -0.2) is 10.9 Å². The van der Waals surface area contributed by atoms with Crippen molar-refractivity contribution >= 4 is 28.8 Å². The molecule has 4 nitrogen and oxygen atoms in total. The van der Waals surface area contributed by atoms with Crippen molar-refractivity contribution in [3.05, 3.63) is 75.3 Å². The number of pyridine rings is 1. The van der Waals surface area contributed by atoms with Crippen molar-refractivity contribution in [3.63, 3.8) is 0 Å². The Kier molecular flexibility index (Phi) is 5.08. The Hall–Kier alpha value is -2.44. The van der Waals surface area contributed by atoms with Crippen LogP contribution in [0.3, 0.4) is 0 Å². The van der Waals surface area contributed by atoms with Crippen LogP contribution in [0, 0.1) is 5.82 Å². The Balaban J connectivity index is 1.73. The highest BCUT2D eigenvalue weighted by Crippen LogP contribution is 2.23. The largest absolute Gasteiger partial charge is 0.438 e. The number of benzene rings is 1. The van der Waals surface area contributed by atoms with Gasteiger partial charge in [0.1, 0.15) is 17.1 Å². The van der Waals surface area contributed by atoms with Crippen LogP contribution in [0.25, 0.3) is 0 Å². The lowest BCUT2D eigenvalue weighted by atomic mass is 10.2. The lowest BCUT2D eigenvalue weighted by Gasteiger charge is -2.10. The van der Waals surface area contributed by atoms with Gasteiger partial charge in [-0.25, -0.2) is 9.37 Å². The maximum atomic E-state index is 13.0. The van der Waals surface area contributed by atoms with Gasteiger partial charge < -0.3 is 10.1 Å². The van der Waals surface area contributed by atoms with Crippen molar-refractivity contribution in [2.75, 3.05) is 0 Å². The molecule has 0 fully saturated rings. The number of ether oxygens (including phenoxy) is 1. The molecule has 24 heavy (non-hydrogen) atoms. The number of carbonyl (C=O) groups is 1. The summed E-state index contributed by atoms with van der Waals surface area (Å²) in [5.41, 5.74) is 0.296. The van der Waals surface area contributed by atoms with Gasteiger partial charge in [0, 0.05) is 16.5 Å². The molecule has 0 aliphatic heterocycles. The van der Waals surface area contributed by atoms with Crippen molar-refractivity contribution in [3.8, 4) is 11.6 Å². The van der Waals surface area contributed by atoms with E-state index in [4.69, 9.17) is 16.3 Å². The number of rotatable bonds is 5. The molecule has 0 unspecified atom stereocenters. The van der Waals surface area contributed by atoms with Crippen LogP contribution in [0.4, 0.5) is 4.39 Å². The Morgan fingerprint density at radius 2 is 2.08 bits per heavy atom. The van der Waals surface area contributed by atoms with Crippen LogP contribution in [0.2, 0.25) is 5.02 Å². The molecule has 0 saturated heterocycles. The molecule has 7 heteroatoms. The van der Waals surface area contributed by atoms with Gasteiger partial charge in [-0.15, -0.1) is 11.3 Å². The van der Waals surface area contributed by atoms with E-state index in [9.17, 15) is 9.18 Å². The molecule has 1 aromatic carbocycles. The number of thiophene rings is 1. The highest BCUT2D eigenvalue weighted by atomic mass is 35.5. The van der Waals surface area contributed by atoms with Crippen LogP contribution < -0.4 is 10.1 Å². The van der Waals surface area contributed by atoms with Crippen LogP contribution in [0.1, 0.15) is 15.2 Å². The van der Waals surface area contributed by atoms with Crippen molar-refractivity contribution in [2.45, 2.75) is 6.54 Å². The summed E-state index contributed by atoms with van der Waals surface area (Å²) in [5, 5.41) is 5.24. The Morgan fingerprint density at radius 1 is 1.29 bits per heavy atom. The molecule has 0 radical (unpaired) electrons. The van der Waals surface area contributed by atoms with Crippen LogP contribution >= 0.6 is 22.9 Å². The van der Waals surface area contributed by atoms with E-state index in [2.05, 4.69) is 10.3 Å². The second-order valence-electron chi connectivity index (χ2n) is 4.83. The maximum Gasteiger partial charge on any atom is 0.257 e. The Labute approximate surface area is 146 Å². The number of amides is 1. The van der Waals surface area contributed by atoms with E-state index in [-0.39, 0.29) is 17.6 Å². The van der Waals surface area contributed by atoms with Crippen molar-refractivity contribution < 1.29 is 13.9 Å². The number of nitrogens with one attached hydrogen (secondary N) is 1. The number of halogens is 2. The standard InChI is InChI=1S/C17H12ClFN2O2S/c18-11-8-14(24-10-11)9-21-16(22)15-2-1-7-20-17(15)23-13-5-3-12(19)4-6-13/h1-8,10H,9H2,(H,21,22). The molecule has 122 valence electrons. The first-order chi connectivity index (χ1) is 11.6. The predicted octanol–water partition coefficient (Wildman–Crippen LogP) is 4.66. The highest BCUT2D eigenvalue weighted by Gasteiger charge is 2.14. The first-order valence-corrected chi connectivity index (χ1v) is 8.27. The minimum Gasteiger partial charge on any atom is -0.438 e. The van der Waals surface area contributed by atoms with E-state index in [1.165, 1.54) is 41.8 Å². The van der Waals surface area contributed by atoms with E-state index < -0.39 is 0 Å². The summed E-state index contributed by atoms with van der Waals surface area (Å²) in [6, 6.07) is 10.6. The molecule has 1 N–H and O–H groups in total. The fourth-order valence-corrected chi connectivity index (χ4v) is 2.98. The first-order valence-electron chi connectivity index (χ1n) is 7.01. The van der Waals surface area contributed by atoms with E-state index in [1.807, 2.05) is 0 Å². The third kappa shape index (κ3) is 4.10. The fraction of sp³-hybridized carbons (Fsp3) is 0.0588. The van der Waals surface area contributed by atoms with Gasteiger partial charge in [0.05, 0.1) is 11.6 Å². The topological polar surface area (TPSA) is 51.2 Å². The zero-order valence-electron chi connectivity index (χ0n) is 12.3. The summed E-state index contributed by atoms with van der Waals surface area (Å²) >= 11 is 7.33. The number of carbonyl (C=O) groups excluding carboxylic acids is 1. The smallest absolute Gasteiger partial charge is 0.257 e. The summed E-state index contributed by atoms with van der Waals surface area (Å²) in [6.07, 6.45) is 1.52. The van der Waals surface area contributed by atoms with Gasteiger partial charge in [0.15, 0.2) is 0 Å². The Morgan fingerprint density at radius 3 is 2.79 bits per heavy atom. The summed E-state index contributed by atoms with van der Waals surface area (Å²) in [5.74, 6) is -0.124. The van der Waals surface area contributed by atoms with Gasteiger partial charge in [-0.05, 0) is 42.5 Å². The molecule has 0 saturated carbocycles. The maximum absolute atomic E-state index is 13.0. The molecule has 0 bridgehead atoms. The number of aromatic nitrogens is 1. The van der Waals surface area contributed by atoms with Gasteiger partial charge in [0.2, 0.25) is 5.88 Å². The molecule has 0 spiro atoms. The zero-order valence-corrected chi connectivity index (χ0v) is 13.9. The minimum absolute atomic E-state index is 0.158.